The van der Waals surface area contributed by atoms with Gasteiger partial charge in [-0.15, -0.1) is 0 Å². The molecule has 3 aromatic rings. The quantitative estimate of drug-likeness (QED) is 0.592. The van der Waals surface area contributed by atoms with Gasteiger partial charge in [0, 0.05) is 28.6 Å². The van der Waals surface area contributed by atoms with E-state index in [4.69, 9.17) is 0 Å². The first-order valence-electron chi connectivity index (χ1n) is 8.35. The Labute approximate surface area is 164 Å². The number of H-pyrrole nitrogens is 1. The topological polar surface area (TPSA) is 69.8 Å². The fourth-order valence-electron chi connectivity index (χ4n) is 2.97. The zero-order valence-electron chi connectivity index (χ0n) is 13.9. The minimum Gasteiger partial charge on any atom is -0.351 e. The van der Waals surface area contributed by atoms with Crippen molar-refractivity contribution in [1.82, 2.24) is 20.6 Å². The molecule has 5 nitrogen and oxygen atoms in total. The van der Waals surface area contributed by atoms with Gasteiger partial charge in [-0.05, 0) is 35.4 Å². The number of aromatic nitrogens is 2. The van der Waals surface area contributed by atoms with E-state index in [-0.39, 0.29) is 18.0 Å². The van der Waals surface area contributed by atoms with Gasteiger partial charge in [0.2, 0.25) is 5.91 Å². The zero-order valence-corrected chi connectivity index (χ0v) is 16.3. The summed E-state index contributed by atoms with van der Waals surface area (Å²) in [7, 11) is 0. The molecule has 133 valence electrons. The second-order valence-electron chi connectivity index (χ2n) is 6.19. The van der Waals surface area contributed by atoms with E-state index in [0.29, 0.717) is 6.54 Å². The maximum absolute atomic E-state index is 12.6. The molecule has 0 spiro atoms. The SMILES string of the molecule is O=C(NCc1ccc2nc[nH]c2c1)[C@@H]1[CH]SCC(c2ccc(Br)cc2)N1. The molecule has 1 aliphatic heterocycles. The molecule has 1 amide bonds. The van der Waals surface area contributed by atoms with Crippen molar-refractivity contribution < 1.29 is 4.79 Å². The van der Waals surface area contributed by atoms with Crippen LogP contribution in [0.4, 0.5) is 0 Å². The van der Waals surface area contributed by atoms with Crippen LogP contribution in [0, 0.1) is 5.75 Å². The molecule has 0 saturated carbocycles. The molecule has 3 N–H and O–H groups in total. The lowest BCUT2D eigenvalue weighted by molar-refractivity contribution is -0.122. The summed E-state index contributed by atoms with van der Waals surface area (Å²) in [5.41, 5.74) is 4.14. The van der Waals surface area contributed by atoms with Gasteiger partial charge in [0.05, 0.1) is 17.4 Å². The van der Waals surface area contributed by atoms with Crippen LogP contribution < -0.4 is 10.6 Å². The molecule has 1 unspecified atom stereocenters. The van der Waals surface area contributed by atoms with Crippen molar-refractivity contribution in [2.75, 3.05) is 5.75 Å². The maximum atomic E-state index is 12.6. The van der Waals surface area contributed by atoms with Gasteiger partial charge < -0.3 is 10.3 Å². The lowest BCUT2D eigenvalue weighted by Crippen LogP contribution is -2.48. The van der Waals surface area contributed by atoms with E-state index in [2.05, 4.69) is 48.7 Å². The van der Waals surface area contributed by atoms with Gasteiger partial charge in [-0.1, -0.05) is 34.1 Å². The van der Waals surface area contributed by atoms with Crippen LogP contribution in [-0.2, 0) is 11.3 Å². The average Bonchev–Trinajstić information content (AvgIpc) is 3.14. The van der Waals surface area contributed by atoms with Crippen LogP contribution in [-0.4, -0.2) is 27.7 Å². The predicted molar refractivity (Wildman–Crippen MR) is 109 cm³/mol. The number of aromatic amines is 1. The van der Waals surface area contributed by atoms with E-state index in [0.717, 1.165) is 26.8 Å². The Morgan fingerprint density at radius 3 is 2.96 bits per heavy atom. The second-order valence-corrected chi connectivity index (χ2v) is 8.04. The van der Waals surface area contributed by atoms with Crippen LogP contribution in [0.2, 0.25) is 0 Å². The number of halogens is 1. The Kier molecular flexibility index (Phi) is 5.28. The Hall–Kier alpha value is -1.83. The maximum Gasteiger partial charge on any atom is 0.238 e. The van der Waals surface area contributed by atoms with Crippen LogP contribution in [0.3, 0.4) is 0 Å². The van der Waals surface area contributed by atoms with Crippen LogP contribution in [0.25, 0.3) is 11.0 Å². The molecule has 1 saturated heterocycles. The van der Waals surface area contributed by atoms with Gasteiger partial charge in [-0.25, -0.2) is 4.98 Å². The molecule has 0 aliphatic carbocycles. The number of nitrogens with one attached hydrogen (secondary N) is 3. The van der Waals surface area contributed by atoms with Gasteiger partial charge in [-0.2, -0.15) is 11.8 Å². The molecule has 1 radical (unpaired) electrons. The number of amides is 1. The summed E-state index contributed by atoms with van der Waals surface area (Å²) in [4.78, 5) is 19.9. The molecular weight excluding hydrogens is 412 g/mol. The summed E-state index contributed by atoms with van der Waals surface area (Å²) < 4.78 is 1.06. The van der Waals surface area contributed by atoms with Crippen LogP contribution in [0.15, 0.2) is 53.3 Å². The fraction of sp³-hybridized carbons (Fsp3) is 0.211. The van der Waals surface area contributed by atoms with Crippen molar-refractivity contribution in [1.29, 1.82) is 0 Å². The first kappa shape index (κ1) is 17.6. The summed E-state index contributed by atoms with van der Waals surface area (Å²) in [6.07, 6.45) is 1.67. The van der Waals surface area contributed by atoms with E-state index >= 15 is 0 Å². The second kappa shape index (κ2) is 7.82. The monoisotopic (exact) mass is 429 g/mol. The third kappa shape index (κ3) is 3.95. The van der Waals surface area contributed by atoms with Gasteiger partial charge in [0.25, 0.3) is 0 Å². The highest BCUT2D eigenvalue weighted by Crippen LogP contribution is 2.28. The third-order valence-corrected chi connectivity index (χ3v) is 5.90. The van der Waals surface area contributed by atoms with E-state index in [1.807, 2.05) is 36.1 Å². The van der Waals surface area contributed by atoms with Crippen molar-refractivity contribution in [3.63, 3.8) is 0 Å². The van der Waals surface area contributed by atoms with Gasteiger partial charge in [0.1, 0.15) is 6.04 Å². The highest BCUT2D eigenvalue weighted by Gasteiger charge is 2.27. The van der Waals surface area contributed by atoms with Crippen molar-refractivity contribution in [2.45, 2.75) is 18.6 Å². The molecule has 26 heavy (non-hydrogen) atoms. The Bertz CT molecular complexity index is 911. The number of nitrogens with zero attached hydrogens (tertiary/aromatic N) is 1. The largest absolute Gasteiger partial charge is 0.351 e. The normalized spacial score (nSPS) is 20.2. The van der Waals surface area contributed by atoms with E-state index < -0.39 is 0 Å². The summed E-state index contributed by atoms with van der Waals surface area (Å²) in [6.45, 7) is 0.493. The number of hydrogen-bond donors (Lipinski definition) is 3. The molecule has 2 heterocycles. The van der Waals surface area contributed by atoms with E-state index in [9.17, 15) is 4.79 Å². The van der Waals surface area contributed by atoms with Crippen molar-refractivity contribution in [3.05, 3.63) is 70.1 Å². The minimum atomic E-state index is -0.307. The molecule has 0 bridgehead atoms. The summed E-state index contributed by atoms with van der Waals surface area (Å²) in [6, 6.07) is 14.0. The Morgan fingerprint density at radius 1 is 1.27 bits per heavy atom. The van der Waals surface area contributed by atoms with Crippen molar-refractivity contribution >= 4 is 44.6 Å². The molecule has 2 aromatic carbocycles. The Morgan fingerprint density at radius 2 is 2.12 bits per heavy atom. The number of carbonyl (C=O) groups excluding carboxylic acids is 1. The fourth-order valence-corrected chi connectivity index (χ4v) is 4.22. The number of thioether (sulfide) groups is 1. The molecule has 2 atom stereocenters. The van der Waals surface area contributed by atoms with Crippen LogP contribution in [0.1, 0.15) is 17.2 Å². The predicted octanol–water partition coefficient (Wildman–Crippen LogP) is 3.55. The lowest BCUT2D eigenvalue weighted by Gasteiger charge is -2.30. The number of carbonyl (C=O) groups is 1. The Balaban J connectivity index is 1.37. The molecular formula is C19H18BrN4OS. The van der Waals surface area contributed by atoms with E-state index in [1.54, 1.807) is 18.1 Å². The molecule has 4 rings (SSSR count). The van der Waals surface area contributed by atoms with Crippen LogP contribution >= 0.6 is 27.7 Å². The van der Waals surface area contributed by atoms with Gasteiger partial charge in [-0.3, -0.25) is 10.1 Å². The lowest BCUT2D eigenvalue weighted by atomic mass is 10.1. The van der Waals surface area contributed by atoms with Crippen molar-refractivity contribution in [3.8, 4) is 0 Å². The smallest absolute Gasteiger partial charge is 0.238 e. The molecule has 7 heteroatoms. The molecule has 1 aromatic heterocycles. The van der Waals surface area contributed by atoms with Gasteiger partial charge in [0.15, 0.2) is 0 Å². The number of rotatable bonds is 4. The standard InChI is InChI=1S/C19H18BrN4OS/c20-14-4-2-13(3-5-14)17-9-26-10-18(24-17)19(25)21-8-12-1-6-15-16(7-12)23-11-22-15/h1-7,10-11,17-18,24H,8-9H2,(H,21,25)(H,22,23)/t17?,18-/m0/s1. The number of imidazole rings is 1. The number of benzene rings is 2. The summed E-state index contributed by atoms with van der Waals surface area (Å²) in [5.74, 6) is 2.88. The number of hydrogen-bond acceptors (Lipinski definition) is 4. The first-order valence-corrected chi connectivity index (χ1v) is 10.2. The summed E-state index contributed by atoms with van der Waals surface area (Å²) >= 11 is 5.15. The third-order valence-electron chi connectivity index (χ3n) is 4.38. The van der Waals surface area contributed by atoms with Gasteiger partial charge >= 0.3 is 0 Å². The average molecular weight is 430 g/mol. The van der Waals surface area contributed by atoms with Crippen molar-refractivity contribution in [2.24, 2.45) is 0 Å². The highest BCUT2D eigenvalue weighted by atomic mass is 79.9. The minimum absolute atomic E-state index is 0.0102. The summed E-state index contributed by atoms with van der Waals surface area (Å²) in [5, 5.41) is 6.45. The highest BCUT2D eigenvalue weighted by molar-refractivity contribution is 9.10. The molecule has 1 aliphatic rings. The van der Waals surface area contributed by atoms with E-state index in [1.165, 1.54) is 5.56 Å². The zero-order chi connectivity index (χ0) is 17.9. The first-order chi connectivity index (χ1) is 12.7. The van der Waals surface area contributed by atoms with Crippen LogP contribution in [0.5, 0.6) is 0 Å². The number of fused-ring (bicyclic) bond motifs is 1. The molecule has 1 fully saturated rings.